The third kappa shape index (κ3) is 3.09. The monoisotopic (exact) mass is 317 g/mol. The van der Waals surface area contributed by atoms with Crippen LogP contribution in [-0.2, 0) is 0 Å². The Morgan fingerprint density at radius 3 is 2.33 bits per heavy atom. The van der Waals surface area contributed by atoms with E-state index in [1.165, 1.54) is 37.8 Å². The van der Waals surface area contributed by atoms with Gasteiger partial charge in [-0.15, -0.1) is 0 Å². The summed E-state index contributed by atoms with van der Waals surface area (Å²) in [5.74, 6) is -0.358. The third-order valence-corrected chi connectivity index (χ3v) is 4.24. The Balaban J connectivity index is 2.21. The van der Waals surface area contributed by atoms with E-state index in [-0.39, 0.29) is 11.6 Å². The minimum absolute atomic E-state index is 0.174. The lowest BCUT2D eigenvalue weighted by Gasteiger charge is -2.21. The van der Waals surface area contributed by atoms with Gasteiger partial charge in [0.05, 0.1) is 0 Å². The molecule has 1 nitrogen and oxygen atoms in total. The molecule has 0 saturated heterocycles. The van der Waals surface area contributed by atoms with Crippen LogP contribution in [0.1, 0.15) is 43.7 Å². The van der Waals surface area contributed by atoms with Crippen LogP contribution < -0.4 is 5.32 Å². The molecule has 0 heterocycles. The summed E-state index contributed by atoms with van der Waals surface area (Å²) in [7, 11) is 1.76. The van der Waals surface area contributed by atoms with Crippen molar-refractivity contribution < 1.29 is 8.78 Å². The van der Waals surface area contributed by atoms with Crippen LogP contribution in [0.3, 0.4) is 0 Å². The molecule has 0 aromatic heterocycles. The molecule has 0 radical (unpaired) electrons. The Bertz CT molecular complexity index is 393. The van der Waals surface area contributed by atoms with E-state index < -0.39 is 11.6 Å². The van der Waals surface area contributed by atoms with Gasteiger partial charge in [0.25, 0.3) is 0 Å². The van der Waals surface area contributed by atoms with Gasteiger partial charge < -0.3 is 5.32 Å². The summed E-state index contributed by atoms with van der Waals surface area (Å²) in [6.07, 6.45) is 5.65. The second kappa shape index (κ2) is 6.11. The van der Waals surface area contributed by atoms with Crippen molar-refractivity contribution in [1.82, 2.24) is 5.32 Å². The van der Waals surface area contributed by atoms with Gasteiger partial charge >= 0.3 is 0 Å². The molecule has 1 atom stereocenters. The van der Waals surface area contributed by atoms with E-state index in [0.717, 1.165) is 6.42 Å². The van der Waals surface area contributed by atoms with Crippen molar-refractivity contribution in [1.29, 1.82) is 0 Å². The van der Waals surface area contributed by atoms with Crippen LogP contribution in [0.4, 0.5) is 8.78 Å². The van der Waals surface area contributed by atoms with Crippen molar-refractivity contribution in [3.05, 3.63) is 33.8 Å². The normalized spacial score (nSPS) is 18.2. The molecule has 2 rings (SSSR count). The number of rotatable bonds is 4. The van der Waals surface area contributed by atoms with Crippen LogP contribution in [-0.4, -0.2) is 7.05 Å². The Labute approximate surface area is 115 Å². The van der Waals surface area contributed by atoms with Gasteiger partial charge in [-0.2, -0.15) is 0 Å². The van der Waals surface area contributed by atoms with Crippen LogP contribution in [0.25, 0.3) is 0 Å². The molecule has 1 aromatic carbocycles. The molecule has 1 fully saturated rings. The first-order valence-corrected chi connectivity index (χ1v) is 7.22. The molecule has 0 spiro atoms. The first-order chi connectivity index (χ1) is 8.61. The highest BCUT2D eigenvalue weighted by Gasteiger charge is 2.24. The van der Waals surface area contributed by atoms with E-state index in [2.05, 4.69) is 21.2 Å². The zero-order valence-corrected chi connectivity index (χ0v) is 12.1. The molecule has 0 amide bonds. The summed E-state index contributed by atoms with van der Waals surface area (Å²) in [4.78, 5) is 0. The van der Waals surface area contributed by atoms with Crippen LogP contribution in [0.5, 0.6) is 0 Å². The Kier molecular flexibility index (Phi) is 4.73. The third-order valence-electron chi connectivity index (χ3n) is 3.78. The van der Waals surface area contributed by atoms with Gasteiger partial charge in [0.2, 0.25) is 0 Å². The number of hydrogen-bond donors (Lipinski definition) is 1. The molecule has 1 aliphatic carbocycles. The second-order valence-corrected chi connectivity index (χ2v) is 5.93. The fourth-order valence-corrected chi connectivity index (χ4v) is 3.25. The van der Waals surface area contributed by atoms with Gasteiger partial charge in [-0.1, -0.05) is 41.6 Å². The van der Waals surface area contributed by atoms with E-state index in [9.17, 15) is 8.78 Å². The van der Waals surface area contributed by atoms with Crippen molar-refractivity contribution in [2.24, 2.45) is 5.92 Å². The standard InChI is InChI=1S/C14H18BrF2N/c1-18-13(6-9-4-2-3-5-9)14-11(16)7-10(15)8-12(14)17/h7-9,13,18H,2-6H2,1H3. The number of halogens is 3. The molecule has 1 N–H and O–H groups in total. The van der Waals surface area contributed by atoms with Gasteiger partial charge in [0, 0.05) is 16.1 Å². The maximum atomic E-state index is 13.9. The fraction of sp³-hybridized carbons (Fsp3) is 0.571. The average molecular weight is 318 g/mol. The van der Waals surface area contributed by atoms with Crippen LogP contribution in [0.2, 0.25) is 0 Å². The van der Waals surface area contributed by atoms with Crippen molar-refractivity contribution in [3.63, 3.8) is 0 Å². The Hall–Kier alpha value is -0.480. The predicted octanol–water partition coefficient (Wildman–Crippen LogP) is 4.57. The Morgan fingerprint density at radius 2 is 1.83 bits per heavy atom. The number of hydrogen-bond acceptors (Lipinski definition) is 1. The predicted molar refractivity (Wildman–Crippen MR) is 72.4 cm³/mol. The van der Waals surface area contributed by atoms with Crippen molar-refractivity contribution in [2.75, 3.05) is 7.05 Å². The van der Waals surface area contributed by atoms with Gasteiger partial charge in [0.1, 0.15) is 11.6 Å². The van der Waals surface area contributed by atoms with Gasteiger partial charge in [-0.05, 0) is 31.5 Å². The molecule has 0 bridgehead atoms. The molecule has 18 heavy (non-hydrogen) atoms. The molecule has 4 heteroatoms. The van der Waals surface area contributed by atoms with Gasteiger partial charge in [-0.3, -0.25) is 0 Å². The van der Waals surface area contributed by atoms with Crippen LogP contribution >= 0.6 is 15.9 Å². The quantitative estimate of drug-likeness (QED) is 0.857. The zero-order valence-electron chi connectivity index (χ0n) is 10.5. The van der Waals surface area contributed by atoms with E-state index >= 15 is 0 Å². The minimum Gasteiger partial charge on any atom is -0.313 e. The number of nitrogens with one attached hydrogen (secondary N) is 1. The SMILES string of the molecule is CNC(CC1CCCC1)c1c(F)cc(Br)cc1F. The largest absolute Gasteiger partial charge is 0.313 e. The van der Waals surface area contributed by atoms with Gasteiger partial charge in [0.15, 0.2) is 0 Å². The van der Waals surface area contributed by atoms with E-state index in [0.29, 0.717) is 10.4 Å². The Morgan fingerprint density at radius 1 is 1.28 bits per heavy atom. The summed E-state index contributed by atoms with van der Waals surface area (Å²) in [5, 5.41) is 3.05. The topological polar surface area (TPSA) is 12.0 Å². The first kappa shape index (κ1) is 13.9. The van der Waals surface area contributed by atoms with Crippen molar-refractivity contribution in [3.8, 4) is 0 Å². The highest BCUT2D eigenvalue weighted by atomic mass is 79.9. The summed E-state index contributed by atoms with van der Waals surface area (Å²) in [6, 6.07) is 2.43. The van der Waals surface area contributed by atoms with E-state index in [4.69, 9.17) is 0 Å². The fourth-order valence-electron chi connectivity index (χ4n) is 2.85. The molecular formula is C14H18BrF2N. The second-order valence-electron chi connectivity index (χ2n) is 5.01. The molecule has 1 saturated carbocycles. The highest BCUT2D eigenvalue weighted by Crippen LogP contribution is 2.35. The summed E-state index contributed by atoms with van der Waals surface area (Å²) in [6.45, 7) is 0. The van der Waals surface area contributed by atoms with Crippen molar-refractivity contribution >= 4 is 15.9 Å². The zero-order chi connectivity index (χ0) is 13.1. The first-order valence-electron chi connectivity index (χ1n) is 6.43. The summed E-state index contributed by atoms with van der Waals surface area (Å²) < 4.78 is 28.3. The lowest BCUT2D eigenvalue weighted by Crippen LogP contribution is -2.21. The average Bonchev–Trinajstić information content (AvgIpc) is 2.79. The smallest absolute Gasteiger partial charge is 0.132 e. The van der Waals surface area contributed by atoms with Gasteiger partial charge in [-0.25, -0.2) is 8.78 Å². The summed E-state index contributed by atoms with van der Waals surface area (Å²) >= 11 is 3.11. The molecule has 1 unspecified atom stereocenters. The number of benzene rings is 1. The molecule has 100 valence electrons. The van der Waals surface area contributed by atoms with E-state index in [1.807, 2.05) is 0 Å². The molecule has 0 aliphatic heterocycles. The van der Waals surface area contributed by atoms with Crippen molar-refractivity contribution in [2.45, 2.75) is 38.1 Å². The molecular weight excluding hydrogens is 300 g/mol. The maximum Gasteiger partial charge on any atom is 0.132 e. The summed E-state index contributed by atoms with van der Waals surface area (Å²) in [5.41, 5.74) is 0.174. The van der Waals surface area contributed by atoms with Crippen LogP contribution in [0.15, 0.2) is 16.6 Å². The van der Waals surface area contributed by atoms with E-state index in [1.54, 1.807) is 7.05 Å². The lowest BCUT2D eigenvalue weighted by atomic mass is 9.93. The minimum atomic E-state index is -0.473. The maximum absolute atomic E-state index is 13.9. The lowest BCUT2D eigenvalue weighted by molar-refractivity contribution is 0.390. The molecule has 1 aromatic rings. The highest BCUT2D eigenvalue weighted by molar-refractivity contribution is 9.10. The molecule has 1 aliphatic rings. The van der Waals surface area contributed by atoms with Crippen LogP contribution in [0, 0.1) is 17.6 Å².